The molecule has 2 nitrogen and oxygen atoms in total. The maximum absolute atomic E-state index is 4.41. The van der Waals surface area contributed by atoms with Gasteiger partial charge in [0.25, 0.3) is 0 Å². The van der Waals surface area contributed by atoms with Crippen molar-refractivity contribution in [2.75, 3.05) is 5.32 Å². The van der Waals surface area contributed by atoms with Gasteiger partial charge < -0.3 is 5.32 Å². The molecule has 3 unspecified atom stereocenters. The largest absolute Gasteiger partial charge is 0.367 e. The summed E-state index contributed by atoms with van der Waals surface area (Å²) >= 11 is 0. The molecular weight excluding hydrogens is 184 g/mol. The minimum absolute atomic E-state index is 0.692. The summed E-state index contributed by atoms with van der Waals surface area (Å²) in [7, 11) is 0. The maximum atomic E-state index is 4.41. The summed E-state index contributed by atoms with van der Waals surface area (Å²) < 4.78 is 0. The van der Waals surface area contributed by atoms with Crippen LogP contribution in [0.25, 0.3) is 0 Å². The van der Waals surface area contributed by atoms with Crippen molar-refractivity contribution in [1.29, 1.82) is 0 Å². The van der Waals surface area contributed by atoms with E-state index in [9.17, 15) is 0 Å². The average Bonchev–Trinajstić information content (AvgIpc) is 2.83. The second-order valence-electron chi connectivity index (χ2n) is 5.09. The molecule has 2 saturated carbocycles. The summed E-state index contributed by atoms with van der Waals surface area (Å²) in [6.07, 6.45) is 7.57. The zero-order valence-electron chi connectivity index (χ0n) is 9.24. The number of aryl methyl sites for hydroxylation is 1. The van der Waals surface area contributed by atoms with Crippen LogP contribution in [0.5, 0.6) is 0 Å². The van der Waals surface area contributed by atoms with E-state index in [0.717, 1.165) is 17.7 Å². The van der Waals surface area contributed by atoms with Gasteiger partial charge in [0.05, 0.1) is 0 Å². The molecule has 1 N–H and O–H groups in total. The van der Waals surface area contributed by atoms with Crippen LogP contribution in [0, 0.1) is 18.8 Å². The lowest BCUT2D eigenvalue weighted by atomic mass is 9.95. The molecule has 1 heterocycles. The first-order valence-corrected chi connectivity index (χ1v) is 6.01. The molecule has 2 aliphatic carbocycles. The van der Waals surface area contributed by atoms with Gasteiger partial charge in [0, 0.05) is 12.2 Å². The number of anilines is 1. The van der Waals surface area contributed by atoms with Crippen molar-refractivity contribution in [1.82, 2.24) is 4.98 Å². The third-order valence-corrected chi connectivity index (χ3v) is 4.07. The Balaban J connectivity index is 1.73. The molecule has 1 aromatic heterocycles. The third-order valence-electron chi connectivity index (χ3n) is 4.07. The van der Waals surface area contributed by atoms with Crippen LogP contribution in [0.4, 0.5) is 5.82 Å². The van der Waals surface area contributed by atoms with E-state index in [1.54, 1.807) is 0 Å². The molecule has 0 aromatic carbocycles. The van der Waals surface area contributed by atoms with Crippen molar-refractivity contribution in [2.24, 2.45) is 11.8 Å². The topological polar surface area (TPSA) is 24.9 Å². The van der Waals surface area contributed by atoms with Gasteiger partial charge in [-0.15, -0.1) is 0 Å². The summed E-state index contributed by atoms with van der Waals surface area (Å²) in [5.41, 5.74) is 1.26. The lowest BCUT2D eigenvalue weighted by Crippen LogP contribution is -2.26. The summed E-state index contributed by atoms with van der Waals surface area (Å²) in [5.74, 6) is 3.00. The van der Waals surface area contributed by atoms with E-state index >= 15 is 0 Å². The molecule has 15 heavy (non-hydrogen) atoms. The van der Waals surface area contributed by atoms with Crippen LogP contribution in [0.2, 0.25) is 0 Å². The Morgan fingerprint density at radius 3 is 2.93 bits per heavy atom. The number of nitrogens with one attached hydrogen (secondary N) is 1. The molecule has 0 amide bonds. The summed E-state index contributed by atoms with van der Waals surface area (Å²) in [4.78, 5) is 4.41. The molecular formula is C13H18N2. The Morgan fingerprint density at radius 1 is 1.33 bits per heavy atom. The van der Waals surface area contributed by atoms with Crippen molar-refractivity contribution in [3.63, 3.8) is 0 Å². The van der Waals surface area contributed by atoms with Crippen LogP contribution in [-0.4, -0.2) is 11.0 Å². The molecule has 2 heteroatoms. The first-order valence-electron chi connectivity index (χ1n) is 6.01. The molecule has 80 valence electrons. The molecule has 0 spiro atoms. The summed E-state index contributed by atoms with van der Waals surface area (Å²) in [6.45, 7) is 2.13. The van der Waals surface area contributed by atoms with Gasteiger partial charge in [-0.3, -0.25) is 0 Å². The summed E-state index contributed by atoms with van der Waals surface area (Å²) in [5, 5.41) is 3.63. The van der Waals surface area contributed by atoms with E-state index in [1.165, 1.54) is 31.2 Å². The van der Waals surface area contributed by atoms with Crippen molar-refractivity contribution >= 4 is 5.82 Å². The molecule has 0 radical (unpaired) electrons. The molecule has 3 rings (SSSR count). The fraction of sp³-hybridized carbons (Fsp3) is 0.615. The highest BCUT2D eigenvalue weighted by Gasteiger charge is 2.39. The number of hydrogen-bond donors (Lipinski definition) is 1. The second kappa shape index (κ2) is 3.51. The minimum Gasteiger partial charge on any atom is -0.367 e. The molecule has 2 bridgehead atoms. The van der Waals surface area contributed by atoms with Gasteiger partial charge in [-0.1, -0.05) is 12.5 Å². The highest BCUT2D eigenvalue weighted by Crippen LogP contribution is 2.45. The third kappa shape index (κ3) is 1.62. The average molecular weight is 202 g/mol. The van der Waals surface area contributed by atoms with Crippen molar-refractivity contribution < 1.29 is 0 Å². The van der Waals surface area contributed by atoms with E-state index in [0.29, 0.717) is 6.04 Å². The van der Waals surface area contributed by atoms with Gasteiger partial charge in [-0.25, -0.2) is 4.98 Å². The van der Waals surface area contributed by atoms with Crippen LogP contribution in [0.3, 0.4) is 0 Å². The zero-order chi connectivity index (χ0) is 10.3. The number of hydrogen-bond acceptors (Lipinski definition) is 2. The van der Waals surface area contributed by atoms with E-state index in [4.69, 9.17) is 0 Å². The predicted molar refractivity (Wildman–Crippen MR) is 61.8 cm³/mol. The fourth-order valence-electron chi connectivity index (χ4n) is 3.23. The maximum Gasteiger partial charge on any atom is 0.129 e. The lowest BCUT2D eigenvalue weighted by molar-refractivity contribution is 0.439. The number of nitrogens with zero attached hydrogens (tertiary/aromatic N) is 1. The number of rotatable bonds is 2. The smallest absolute Gasteiger partial charge is 0.129 e. The number of fused-ring (bicyclic) bond motifs is 2. The van der Waals surface area contributed by atoms with Gasteiger partial charge in [-0.05, 0) is 49.7 Å². The van der Waals surface area contributed by atoms with Gasteiger partial charge in [0.2, 0.25) is 0 Å². The van der Waals surface area contributed by atoms with Gasteiger partial charge in [0.15, 0.2) is 0 Å². The van der Waals surface area contributed by atoms with Crippen LogP contribution < -0.4 is 5.32 Å². The van der Waals surface area contributed by atoms with Gasteiger partial charge in [-0.2, -0.15) is 0 Å². The molecule has 1 aromatic rings. The Bertz CT molecular complexity index is 361. The van der Waals surface area contributed by atoms with Crippen molar-refractivity contribution in [3.05, 3.63) is 23.9 Å². The van der Waals surface area contributed by atoms with Crippen LogP contribution in [0.15, 0.2) is 18.3 Å². The first kappa shape index (κ1) is 9.20. The Hall–Kier alpha value is -1.05. The van der Waals surface area contributed by atoms with E-state index in [-0.39, 0.29) is 0 Å². The Morgan fingerprint density at radius 2 is 2.27 bits per heavy atom. The van der Waals surface area contributed by atoms with Crippen LogP contribution in [0.1, 0.15) is 31.2 Å². The number of aromatic nitrogens is 1. The molecule has 0 aliphatic heterocycles. The van der Waals surface area contributed by atoms with Crippen LogP contribution in [-0.2, 0) is 0 Å². The predicted octanol–water partition coefficient (Wildman–Crippen LogP) is 2.99. The molecule has 0 saturated heterocycles. The zero-order valence-corrected chi connectivity index (χ0v) is 9.24. The Labute approximate surface area is 91.1 Å². The van der Waals surface area contributed by atoms with E-state index in [2.05, 4.69) is 23.3 Å². The van der Waals surface area contributed by atoms with E-state index < -0.39 is 0 Å². The SMILES string of the molecule is Cc1cccnc1NC1CC2CCC1C2. The van der Waals surface area contributed by atoms with Gasteiger partial charge in [0.1, 0.15) is 5.82 Å². The highest BCUT2D eigenvalue weighted by atomic mass is 15.0. The quantitative estimate of drug-likeness (QED) is 0.797. The monoisotopic (exact) mass is 202 g/mol. The first-order chi connectivity index (χ1) is 7.33. The standard InChI is InChI=1S/C13H18N2/c1-9-3-2-6-14-13(9)15-12-8-10-4-5-11(12)7-10/h2-3,6,10-12H,4-5,7-8H2,1H3,(H,14,15). The van der Waals surface area contributed by atoms with Crippen LogP contribution >= 0.6 is 0 Å². The van der Waals surface area contributed by atoms with Crippen molar-refractivity contribution in [3.8, 4) is 0 Å². The lowest BCUT2D eigenvalue weighted by Gasteiger charge is -2.24. The Kier molecular flexibility index (Phi) is 2.15. The van der Waals surface area contributed by atoms with Gasteiger partial charge >= 0.3 is 0 Å². The van der Waals surface area contributed by atoms with E-state index in [1.807, 2.05) is 12.3 Å². The van der Waals surface area contributed by atoms with Crippen molar-refractivity contribution in [2.45, 2.75) is 38.6 Å². The molecule has 2 fully saturated rings. The highest BCUT2D eigenvalue weighted by molar-refractivity contribution is 5.44. The summed E-state index contributed by atoms with van der Waals surface area (Å²) in [6, 6.07) is 4.82. The number of pyridine rings is 1. The molecule has 3 atom stereocenters. The minimum atomic E-state index is 0.692. The molecule has 2 aliphatic rings. The second-order valence-corrected chi connectivity index (χ2v) is 5.09. The normalized spacial score (nSPS) is 33.3. The fourth-order valence-corrected chi connectivity index (χ4v) is 3.23.